The van der Waals surface area contributed by atoms with Crippen molar-refractivity contribution in [3.8, 4) is 0 Å². The topological polar surface area (TPSA) is 52.6 Å². The van der Waals surface area contributed by atoms with Crippen molar-refractivity contribution in [1.29, 1.82) is 0 Å². The van der Waals surface area contributed by atoms with Crippen LogP contribution in [0.2, 0.25) is 0 Å². The van der Waals surface area contributed by atoms with Gasteiger partial charge in [0.15, 0.2) is 0 Å². The normalized spacial score (nSPS) is 27.1. The molecule has 0 saturated carbocycles. The fourth-order valence-corrected chi connectivity index (χ4v) is 1.74. The number of nitrogens with one attached hydrogen (secondary N) is 1. The van der Waals surface area contributed by atoms with E-state index in [1.807, 2.05) is 6.92 Å². The lowest BCUT2D eigenvalue weighted by Gasteiger charge is -2.35. The molecule has 0 aromatic rings. The number of piperazine rings is 1. The summed E-state index contributed by atoms with van der Waals surface area (Å²) in [6.45, 7) is 6.98. The van der Waals surface area contributed by atoms with E-state index in [2.05, 4.69) is 17.1 Å². The molecule has 1 aliphatic heterocycles. The second kappa shape index (κ2) is 4.58. The van der Waals surface area contributed by atoms with Crippen LogP contribution in [0.4, 0.5) is 0 Å². The van der Waals surface area contributed by atoms with Crippen LogP contribution >= 0.6 is 0 Å². The van der Waals surface area contributed by atoms with Crippen LogP contribution in [0.3, 0.4) is 0 Å². The number of carboxylic acids is 1. The van der Waals surface area contributed by atoms with Crippen LogP contribution in [-0.4, -0.2) is 47.7 Å². The molecule has 1 rings (SSSR count). The molecule has 1 fully saturated rings. The molecule has 0 radical (unpaired) electrons. The zero-order valence-corrected chi connectivity index (χ0v) is 8.29. The number of aliphatic carboxylic acids is 1. The predicted molar refractivity (Wildman–Crippen MR) is 50.8 cm³/mol. The lowest BCUT2D eigenvalue weighted by molar-refractivity contribution is -0.138. The summed E-state index contributed by atoms with van der Waals surface area (Å²) in [4.78, 5) is 12.7. The molecule has 0 aliphatic carbocycles. The molecule has 4 nitrogen and oxygen atoms in total. The van der Waals surface area contributed by atoms with Crippen LogP contribution < -0.4 is 5.32 Å². The third-order valence-electron chi connectivity index (χ3n) is 2.49. The number of carboxylic acid groups (broad SMARTS) is 1. The van der Waals surface area contributed by atoms with E-state index in [1.165, 1.54) is 0 Å². The molecule has 13 heavy (non-hydrogen) atoms. The first-order chi connectivity index (χ1) is 6.09. The van der Waals surface area contributed by atoms with Crippen LogP contribution in [0.15, 0.2) is 0 Å². The molecule has 76 valence electrons. The van der Waals surface area contributed by atoms with E-state index in [1.54, 1.807) is 0 Å². The Kier molecular flexibility index (Phi) is 3.69. The van der Waals surface area contributed by atoms with Crippen LogP contribution in [0.5, 0.6) is 0 Å². The number of nitrogens with zero attached hydrogens (tertiary/aromatic N) is 1. The molecule has 4 heteroatoms. The second-order valence-corrected chi connectivity index (χ2v) is 3.80. The van der Waals surface area contributed by atoms with Gasteiger partial charge in [-0.05, 0) is 13.8 Å². The van der Waals surface area contributed by atoms with Crippen molar-refractivity contribution < 1.29 is 9.90 Å². The Morgan fingerprint density at radius 3 is 3.00 bits per heavy atom. The quantitative estimate of drug-likeness (QED) is 0.658. The van der Waals surface area contributed by atoms with Gasteiger partial charge in [0.1, 0.15) is 0 Å². The number of hydrogen-bond donors (Lipinski definition) is 2. The molecular formula is C9H18N2O2. The first kappa shape index (κ1) is 10.5. The predicted octanol–water partition coefficient (Wildman–Crippen LogP) is 0.143. The lowest BCUT2D eigenvalue weighted by Crippen LogP contribution is -2.52. The summed E-state index contributed by atoms with van der Waals surface area (Å²) in [7, 11) is 0. The minimum atomic E-state index is -0.710. The van der Waals surface area contributed by atoms with Gasteiger partial charge in [0.05, 0.1) is 6.42 Å². The summed E-state index contributed by atoms with van der Waals surface area (Å²) in [6.07, 6.45) is 0.243. The van der Waals surface area contributed by atoms with E-state index in [4.69, 9.17) is 5.11 Å². The SMILES string of the molecule is CC(CC(=O)O)N1CCN[C@H](C)C1. The highest BCUT2D eigenvalue weighted by Crippen LogP contribution is 2.07. The van der Waals surface area contributed by atoms with Gasteiger partial charge in [-0.25, -0.2) is 0 Å². The zero-order chi connectivity index (χ0) is 9.84. The van der Waals surface area contributed by atoms with Crippen LogP contribution in [0.1, 0.15) is 20.3 Å². The monoisotopic (exact) mass is 186 g/mol. The van der Waals surface area contributed by atoms with Crippen LogP contribution in [0.25, 0.3) is 0 Å². The Morgan fingerprint density at radius 2 is 2.46 bits per heavy atom. The molecule has 1 aliphatic rings. The van der Waals surface area contributed by atoms with Crippen LogP contribution in [-0.2, 0) is 4.79 Å². The summed E-state index contributed by atoms with van der Waals surface area (Å²) >= 11 is 0. The standard InChI is InChI=1S/C9H18N2O2/c1-7-6-11(4-3-10-7)8(2)5-9(12)13/h7-8,10H,3-6H2,1-2H3,(H,12,13)/t7-,8?/m1/s1. The molecule has 0 aromatic heterocycles. The molecule has 0 amide bonds. The number of rotatable bonds is 3. The molecule has 1 saturated heterocycles. The maximum Gasteiger partial charge on any atom is 0.304 e. The molecule has 0 bridgehead atoms. The van der Waals surface area contributed by atoms with Crippen molar-refractivity contribution in [2.24, 2.45) is 0 Å². The first-order valence-corrected chi connectivity index (χ1v) is 4.79. The van der Waals surface area contributed by atoms with Crippen LogP contribution in [0, 0.1) is 0 Å². The molecule has 1 unspecified atom stereocenters. The molecule has 0 aromatic carbocycles. The van der Waals surface area contributed by atoms with Gasteiger partial charge in [-0.3, -0.25) is 9.69 Å². The minimum absolute atomic E-state index is 0.155. The molecule has 2 N–H and O–H groups in total. The molecule has 2 atom stereocenters. The van der Waals surface area contributed by atoms with Gasteiger partial charge in [-0.1, -0.05) is 0 Å². The van der Waals surface area contributed by atoms with Crippen molar-refractivity contribution in [2.75, 3.05) is 19.6 Å². The third kappa shape index (κ3) is 3.32. The largest absolute Gasteiger partial charge is 0.481 e. The maximum absolute atomic E-state index is 10.5. The first-order valence-electron chi connectivity index (χ1n) is 4.79. The fourth-order valence-electron chi connectivity index (χ4n) is 1.74. The Labute approximate surface area is 78.9 Å². The Morgan fingerprint density at radius 1 is 1.77 bits per heavy atom. The molecule has 0 spiro atoms. The summed E-state index contributed by atoms with van der Waals surface area (Å²) in [5.41, 5.74) is 0. The van der Waals surface area contributed by atoms with E-state index in [0.29, 0.717) is 6.04 Å². The Bertz CT molecular complexity index is 184. The Balaban J connectivity index is 2.36. The summed E-state index contributed by atoms with van der Waals surface area (Å²) in [6, 6.07) is 0.632. The summed E-state index contributed by atoms with van der Waals surface area (Å²) in [5, 5.41) is 12.0. The van der Waals surface area contributed by atoms with Crippen molar-refractivity contribution in [3.63, 3.8) is 0 Å². The highest BCUT2D eigenvalue weighted by Gasteiger charge is 2.21. The highest BCUT2D eigenvalue weighted by molar-refractivity contribution is 5.67. The maximum atomic E-state index is 10.5. The second-order valence-electron chi connectivity index (χ2n) is 3.80. The molecular weight excluding hydrogens is 168 g/mol. The van der Waals surface area contributed by atoms with Gasteiger partial charge < -0.3 is 10.4 Å². The zero-order valence-electron chi connectivity index (χ0n) is 8.29. The smallest absolute Gasteiger partial charge is 0.304 e. The van der Waals surface area contributed by atoms with Crippen molar-refractivity contribution in [2.45, 2.75) is 32.4 Å². The summed E-state index contributed by atoms with van der Waals surface area (Å²) in [5.74, 6) is -0.710. The molecule has 1 heterocycles. The van der Waals surface area contributed by atoms with Gasteiger partial charge in [0, 0.05) is 31.7 Å². The van der Waals surface area contributed by atoms with E-state index >= 15 is 0 Å². The average molecular weight is 186 g/mol. The lowest BCUT2D eigenvalue weighted by atomic mass is 10.1. The number of carbonyl (C=O) groups is 1. The Hall–Kier alpha value is -0.610. The van der Waals surface area contributed by atoms with E-state index in [0.717, 1.165) is 19.6 Å². The van der Waals surface area contributed by atoms with E-state index in [9.17, 15) is 4.79 Å². The van der Waals surface area contributed by atoms with E-state index in [-0.39, 0.29) is 12.5 Å². The summed E-state index contributed by atoms with van der Waals surface area (Å²) < 4.78 is 0. The number of hydrogen-bond acceptors (Lipinski definition) is 3. The highest BCUT2D eigenvalue weighted by atomic mass is 16.4. The van der Waals surface area contributed by atoms with Gasteiger partial charge in [0.2, 0.25) is 0 Å². The van der Waals surface area contributed by atoms with Crippen molar-refractivity contribution >= 4 is 5.97 Å². The minimum Gasteiger partial charge on any atom is -0.481 e. The van der Waals surface area contributed by atoms with Gasteiger partial charge in [-0.2, -0.15) is 0 Å². The van der Waals surface area contributed by atoms with Gasteiger partial charge in [0.25, 0.3) is 0 Å². The van der Waals surface area contributed by atoms with Crippen molar-refractivity contribution in [1.82, 2.24) is 10.2 Å². The third-order valence-corrected chi connectivity index (χ3v) is 2.49. The van der Waals surface area contributed by atoms with E-state index < -0.39 is 5.97 Å². The van der Waals surface area contributed by atoms with Crippen molar-refractivity contribution in [3.05, 3.63) is 0 Å². The fraction of sp³-hybridized carbons (Fsp3) is 0.889. The average Bonchev–Trinajstić information content (AvgIpc) is 2.03. The van der Waals surface area contributed by atoms with Gasteiger partial charge >= 0.3 is 5.97 Å². The van der Waals surface area contributed by atoms with Gasteiger partial charge in [-0.15, -0.1) is 0 Å².